The molecule has 0 fully saturated rings. The van der Waals surface area contributed by atoms with Gasteiger partial charge in [0.1, 0.15) is 11.8 Å². The van der Waals surface area contributed by atoms with Crippen LogP contribution in [-0.4, -0.2) is 45.8 Å². The minimum atomic E-state index is -3.77. The van der Waals surface area contributed by atoms with Crippen molar-refractivity contribution < 1.29 is 27.5 Å². The number of carbonyl (C=O) groups is 2. The molecule has 0 unspecified atom stereocenters. The number of sulfonamides is 1. The van der Waals surface area contributed by atoms with Crippen LogP contribution in [0.3, 0.4) is 0 Å². The minimum absolute atomic E-state index is 0.187. The Morgan fingerprint density at radius 2 is 1.67 bits per heavy atom. The van der Waals surface area contributed by atoms with Crippen molar-refractivity contribution in [1.82, 2.24) is 0 Å². The lowest BCUT2D eigenvalue weighted by Gasteiger charge is -2.28. The van der Waals surface area contributed by atoms with Crippen LogP contribution in [0.5, 0.6) is 5.75 Å². The van der Waals surface area contributed by atoms with E-state index in [2.05, 4.69) is 5.32 Å². The van der Waals surface area contributed by atoms with Gasteiger partial charge in [0.15, 0.2) is 0 Å². The highest BCUT2D eigenvalue weighted by Gasteiger charge is 2.30. The van der Waals surface area contributed by atoms with Crippen LogP contribution in [0.15, 0.2) is 48.5 Å². The molecule has 2 aromatic rings. The molecule has 0 heterocycles. The Kier molecular flexibility index (Phi) is 7.82. The number of hydrogen-bond acceptors (Lipinski definition) is 6. The molecule has 1 amide bonds. The summed E-state index contributed by atoms with van der Waals surface area (Å²) in [6.07, 6.45) is 1.03. The van der Waals surface area contributed by atoms with Gasteiger partial charge in [0.2, 0.25) is 15.9 Å². The van der Waals surface area contributed by atoms with Gasteiger partial charge >= 0.3 is 5.97 Å². The average Bonchev–Trinajstić information content (AvgIpc) is 2.69. The van der Waals surface area contributed by atoms with Crippen molar-refractivity contribution in [2.75, 3.05) is 29.1 Å². The lowest BCUT2D eigenvalue weighted by molar-refractivity contribution is -0.116. The third-order valence-corrected chi connectivity index (χ3v) is 5.41. The summed E-state index contributed by atoms with van der Waals surface area (Å²) < 4.78 is 36.3. The first-order chi connectivity index (χ1) is 14.2. The van der Waals surface area contributed by atoms with Crippen LogP contribution in [-0.2, 0) is 19.6 Å². The fourth-order valence-corrected chi connectivity index (χ4v) is 4.06. The van der Waals surface area contributed by atoms with E-state index in [9.17, 15) is 18.0 Å². The van der Waals surface area contributed by atoms with E-state index in [1.807, 2.05) is 6.92 Å². The van der Waals surface area contributed by atoms with Gasteiger partial charge in [-0.05, 0) is 57.2 Å². The second kappa shape index (κ2) is 10.1. The first-order valence-electron chi connectivity index (χ1n) is 9.48. The van der Waals surface area contributed by atoms with E-state index >= 15 is 0 Å². The highest BCUT2D eigenvalue weighted by Crippen LogP contribution is 2.25. The maximum atomic E-state index is 12.9. The molecule has 0 bridgehead atoms. The predicted octanol–water partition coefficient (Wildman–Crippen LogP) is 3.06. The number of para-hydroxylation sites is 1. The second-order valence-corrected chi connectivity index (χ2v) is 8.28. The fraction of sp³-hybridized carbons (Fsp3) is 0.333. The van der Waals surface area contributed by atoms with Gasteiger partial charge in [-0.2, -0.15) is 0 Å². The number of hydrogen-bond donors (Lipinski definition) is 1. The molecule has 2 aromatic carbocycles. The molecule has 8 nitrogen and oxygen atoms in total. The maximum absolute atomic E-state index is 12.9. The molecule has 9 heteroatoms. The van der Waals surface area contributed by atoms with Gasteiger partial charge in [-0.1, -0.05) is 12.1 Å². The number of anilines is 2. The van der Waals surface area contributed by atoms with Crippen molar-refractivity contribution in [3.63, 3.8) is 0 Å². The van der Waals surface area contributed by atoms with Gasteiger partial charge in [0.05, 0.1) is 36.4 Å². The molecule has 0 aliphatic rings. The molecule has 0 aliphatic heterocycles. The molecule has 0 saturated carbocycles. The zero-order valence-corrected chi connectivity index (χ0v) is 18.2. The molecule has 1 N–H and O–H groups in total. The zero-order valence-electron chi connectivity index (χ0n) is 17.4. The van der Waals surface area contributed by atoms with Crippen LogP contribution in [0.2, 0.25) is 0 Å². The van der Waals surface area contributed by atoms with Crippen LogP contribution in [0, 0.1) is 0 Å². The van der Waals surface area contributed by atoms with Gasteiger partial charge in [-0.15, -0.1) is 0 Å². The Morgan fingerprint density at radius 3 is 2.23 bits per heavy atom. The van der Waals surface area contributed by atoms with Gasteiger partial charge in [0.25, 0.3) is 0 Å². The van der Waals surface area contributed by atoms with Crippen LogP contribution in [0.4, 0.5) is 11.4 Å². The Hall–Kier alpha value is -3.07. The summed E-state index contributed by atoms with van der Waals surface area (Å²) in [6.45, 7) is 5.67. The highest BCUT2D eigenvalue weighted by molar-refractivity contribution is 7.92. The Balaban J connectivity index is 2.30. The molecule has 0 aliphatic carbocycles. The van der Waals surface area contributed by atoms with Crippen LogP contribution in [0.1, 0.15) is 31.1 Å². The minimum Gasteiger partial charge on any atom is -0.494 e. The lowest BCUT2D eigenvalue weighted by atomic mass is 10.1. The molecule has 1 atom stereocenters. The van der Waals surface area contributed by atoms with E-state index in [4.69, 9.17) is 9.47 Å². The van der Waals surface area contributed by atoms with E-state index in [0.29, 0.717) is 18.0 Å². The summed E-state index contributed by atoms with van der Waals surface area (Å²) in [5.41, 5.74) is 0.752. The lowest BCUT2D eigenvalue weighted by Crippen LogP contribution is -2.45. The Labute approximate surface area is 176 Å². The van der Waals surface area contributed by atoms with E-state index in [-0.39, 0.29) is 17.9 Å². The number of benzene rings is 2. The number of carbonyl (C=O) groups excluding carboxylic acids is 2. The van der Waals surface area contributed by atoms with Crippen molar-refractivity contribution >= 4 is 33.3 Å². The SMILES string of the molecule is CCOC(=O)c1ccccc1NC(=O)[C@H](C)N(c1ccc(OCC)cc1)S(C)(=O)=O. The van der Waals surface area contributed by atoms with Crippen molar-refractivity contribution in [3.8, 4) is 5.75 Å². The van der Waals surface area contributed by atoms with E-state index in [1.54, 1.807) is 49.4 Å². The number of ether oxygens (including phenoxy) is 2. The molecule has 0 saturated heterocycles. The fourth-order valence-electron chi connectivity index (χ4n) is 2.88. The summed E-state index contributed by atoms with van der Waals surface area (Å²) in [4.78, 5) is 25.0. The van der Waals surface area contributed by atoms with Gasteiger partial charge in [-0.25, -0.2) is 13.2 Å². The number of esters is 1. The average molecular weight is 435 g/mol. The molecular formula is C21H26N2O6S. The van der Waals surface area contributed by atoms with E-state index in [1.165, 1.54) is 13.0 Å². The standard InChI is InChI=1S/C21H26N2O6S/c1-5-28-17-13-11-16(12-14-17)23(30(4,26)27)15(3)20(24)22-19-10-8-7-9-18(19)21(25)29-6-2/h7-15H,5-6H2,1-4H3,(H,22,24)/t15-/m0/s1. The summed E-state index contributed by atoms with van der Waals surface area (Å²) in [5.74, 6) is -0.575. The molecule has 162 valence electrons. The first kappa shape index (κ1) is 23.2. The van der Waals surface area contributed by atoms with Crippen molar-refractivity contribution in [3.05, 3.63) is 54.1 Å². The van der Waals surface area contributed by atoms with Gasteiger partial charge in [0, 0.05) is 0 Å². The first-order valence-corrected chi connectivity index (χ1v) is 11.3. The van der Waals surface area contributed by atoms with E-state index in [0.717, 1.165) is 10.6 Å². The summed E-state index contributed by atoms with van der Waals surface area (Å²) >= 11 is 0. The Bertz CT molecular complexity index is 989. The molecular weight excluding hydrogens is 408 g/mol. The van der Waals surface area contributed by atoms with E-state index < -0.39 is 27.9 Å². The van der Waals surface area contributed by atoms with Gasteiger partial charge in [-0.3, -0.25) is 9.10 Å². The Morgan fingerprint density at radius 1 is 1.03 bits per heavy atom. The summed E-state index contributed by atoms with van der Waals surface area (Å²) in [7, 11) is -3.77. The highest BCUT2D eigenvalue weighted by atomic mass is 32.2. The van der Waals surface area contributed by atoms with Crippen molar-refractivity contribution in [2.45, 2.75) is 26.8 Å². The zero-order chi connectivity index (χ0) is 22.3. The number of nitrogens with one attached hydrogen (secondary N) is 1. The van der Waals surface area contributed by atoms with Crippen LogP contribution in [0.25, 0.3) is 0 Å². The monoisotopic (exact) mass is 434 g/mol. The second-order valence-electron chi connectivity index (χ2n) is 6.42. The van der Waals surface area contributed by atoms with Crippen LogP contribution >= 0.6 is 0 Å². The third-order valence-electron chi connectivity index (χ3n) is 4.17. The number of rotatable bonds is 9. The normalized spacial score (nSPS) is 12.0. The maximum Gasteiger partial charge on any atom is 0.340 e. The summed E-state index contributed by atoms with van der Waals surface area (Å²) in [5, 5.41) is 2.63. The molecule has 0 spiro atoms. The topological polar surface area (TPSA) is 102 Å². The van der Waals surface area contributed by atoms with Gasteiger partial charge < -0.3 is 14.8 Å². The third kappa shape index (κ3) is 5.73. The number of nitrogens with zero attached hydrogens (tertiary/aromatic N) is 1. The summed E-state index contributed by atoms with van der Waals surface area (Å²) in [6, 6.07) is 11.7. The quantitative estimate of drug-likeness (QED) is 0.609. The molecule has 0 aromatic heterocycles. The smallest absolute Gasteiger partial charge is 0.340 e. The van der Waals surface area contributed by atoms with Crippen molar-refractivity contribution in [1.29, 1.82) is 0 Å². The largest absolute Gasteiger partial charge is 0.494 e. The van der Waals surface area contributed by atoms with Crippen molar-refractivity contribution in [2.24, 2.45) is 0 Å². The molecule has 30 heavy (non-hydrogen) atoms. The molecule has 2 rings (SSSR count). The predicted molar refractivity (Wildman–Crippen MR) is 115 cm³/mol. The van der Waals surface area contributed by atoms with Crippen LogP contribution < -0.4 is 14.4 Å². The number of amides is 1. The molecule has 0 radical (unpaired) electrons.